The molecule has 0 bridgehead atoms. The normalized spacial score (nSPS) is 25.1. The van der Waals surface area contributed by atoms with Gasteiger partial charge in [0.05, 0.1) is 6.61 Å². The van der Waals surface area contributed by atoms with Crippen LogP contribution in [0.2, 0.25) is 0 Å². The van der Waals surface area contributed by atoms with Gasteiger partial charge in [-0.1, -0.05) is 18.0 Å². The van der Waals surface area contributed by atoms with Gasteiger partial charge in [-0.2, -0.15) is 4.98 Å². The van der Waals surface area contributed by atoms with Crippen LogP contribution in [-0.4, -0.2) is 23.3 Å². The average Bonchev–Trinajstić information content (AvgIpc) is 2.76. The second kappa shape index (κ2) is 6.12. The van der Waals surface area contributed by atoms with Gasteiger partial charge in [-0.25, -0.2) is 0 Å². The molecule has 96 valence electrons. The SMILES string of the molecule is Cc1nc(COCC2CCCCC2CN)no1. The number of ether oxygens (including phenoxy) is 1. The number of hydrogen-bond acceptors (Lipinski definition) is 5. The molecular weight excluding hydrogens is 218 g/mol. The van der Waals surface area contributed by atoms with Crippen molar-refractivity contribution in [2.75, 3.05) is 13.2 Å². The Bertz CT molecular complexity index is 340. The van der Waals surface area contributed by atoms with Gasteiger partial charge in [0, 0.05) is 6.92 Å². The van der Waals surface area contributed by atoms with E-state index >= 15 is 0 Å². The van der Waals surface area contributed by atoms with Crippen LogP contribution in [0.25, 0.3) is 0 Å². The number of aryl methyl sites for hydroxylation is 1. The van der Waals surface area contributed by atoms with Crippen LogP contribution >= 0.6 is 0 Å². The molecule has 2 rings (SSSR count). The fourth-order valence-electron chi connectivity index (χ4n) is 2.52. The molecule has 5 heteroatoms. The minimum Gasteiger partial charge on any atom is -0.373 e. The van der Waals surface area contributed by atoms with Crippen molar-refractivity contribution in [3.63, 3.8) is 0 Å². The number of hydrogen-bond donors (Lipinski definition) is 1. The van der Waals surface area contributed by atoms with Crippen molar-refractivity contribution in [2.45, 2.75) is 39.2 Å². The van der Waals surface area contributed by atoms with Crippen LogP contribution in [0.1, 0.15) is 37.4 Å². The summed E-state index contributed by atoms with van der Waals surface area (Å²) in [7, 11) is 0. The molecule has 1 aromatic heterocycles. The van der Waals surface area contributed by atoms with Gasteiger partial charge >= 0.3 is 0 Å². The molecule has 0 saturated heterocycles. The lowest BCUT2D eigenvalue weighted by Crippen LogP contribution is -2.29. The van der Waals surface area contributed by atoms with E-state index in [0.29, 0.717) is 30.2 Å². The molecular formula is C12H21N3O2. The molecule has 0 aliphatic heterocycles. The highest BCUT2D eigenvalue weighted by molar-refractivity contribution is 4.81. The van der Waals surface area contributed by atoms with Crippen molar-refractivity contribution in [1.82, 2.24) is 10.1 Å². The summed E-state index contributed by atoms with van der Waals surface area (Å²) in [6.45, 7) is 3.75. The monoisotopic (exact) mass is 239 g/mol. The van der Waals surface area contributed by atoms with Gasteiger partial charge in [0.25, 0.3) is 0 Å². The Labute approximate surface area is 102 Å². The second-order valence-corrected chi connectivity index (χ2v) is 4.79. The topological polar surface area (TPSA) is 74.2 Å². The molecule has 5 nitrogen and oxygen atoms in total. The molecule has 0 radical (unpaired) electrons. The summed E-state index contributed by atoms with van der Waals surface area (Å²) in [6.07, 6.45) is 5.08. The molecule has 1 aliphatic rings. The summed E-state index contributed by atoms with van der Waals surface area (Å²) in [4.78, 5) is 4.11. The largest absolute Gasteiger partial charge is 0.373 e. The first-order valence-electron chi connectivity index (χ1n) is 6.36. The molecule has 1 heterocycles. The quantitative estimate of drug-likeness (QED) is 0.845. The molecule has 0 spiro atoms. The van der Waals surface area contributed by atoms with E-state index < -0.39 is 0 Å². The number of aromatic nitrogens is 2. The minimum absolute atomic E-state index is 0.436. The van der Waals surface area contributed by atoms with Crippen molar-refractivity contribution in [1.29, 1.82) is 0 Å². The van der Waals surface area contributed by atoms with Gasteiger partial charge in [0.2, 0.25) is 5.89 Å². The first-order chi connectivity index (χ1) is 8.29. The Morgan fingerprint density at radius 3 is 2.76 bits per heavy atom. The third-order valence-corrected chi connectivity index (χ3v) is 3.50. The van der Waals surface area contributed by atoms with E-state index in [1.165, 1.54) is 25.7 Å². The summed E-state index contributed by atoms with van der Waals surface area (Å²) in [6, 6.07) is 0. The lowest BCUT2D eigenvalue weighted by molar-refractivity contribution is 0.0472. The maximum Gasteiger partial charge on any atom is 0.223 e. The van der Waals surface area contributed by atoms with E-state index in [4.69, 9.17) is 15.0 Å². The Balaban J connectivity index is 1.73. The average molecular weight is 239 g/mol. The second-order valence-electron chi connectivity index (χ2n) is 4.79. The lowest BCUT2D eigenvalue weighted by atomic mass is 9.80. The van der Waals surface area contributed by atoms with Crippen LogP contribution in [0.3, 0.4) is 0 Å². The fraction of sp³-hybridized carbons (Fsp3) is 0.833. The first-order valence-corrected chi connectivity index (χ1v) is 6.36. The van der Waals surface area contributed by atoms with E-state index in [-0.39, 0.29) is 0 Å². The summed E-state index contributed by atoms with van der Waals surface area (Å²) >= 11 is 0. The maximum atomic E-state index is 5.78. The van der Waals surface area contributed by atoms with E-state index in [9.17, 15) is 0 Å². The molecule has 1 aliphatic carbocycles. The van der Waals surface area contributed by atoms with Gasteiger partial charge in [0.15, 0.2) is 5.82 Å². The van der Waals surface area contributed by atoms with Crippen LogP contribution in [0.15, 0.2) is 4.52 Å². The summed E-state index contributed by atoms with van der Waals surface area (Å²) < 4.78 is 10.6. The highest BCUT2D eigenvalue weighted by atomic mass is 16.5. The van der Waals surface area contributed by atoms with E-state index in [0.717, 1.165) is 13.2 Å². The molecule has 1 aromatic rings. The van der Waals surface area contributed by atoms with Crippen molar-refractivity contribution in [2.24, 2.45) is 17.6 Å². The molecule has 2 atom stereocenters. The van der Waals surface area contributed by atoms with Gasteiger partial charge in [-0.15, -0.1) is 0 Å². The van der Waals surface area contributed by atoms with Gasteiger partial charge in [-0.3, -0.25) is 0 Å². The standard InChI is InChI=1S/C12H21N3O2/c1-9-14-12(15-17-9)8-16-7-11-5-3-2-4-10(11)6-13/h10-11H,2-8,13H2,1H3. The van der Waals surface area contributed by atoms with Crippen LogP contribution in [-0.2, 0) is 11.3 Å². The highest BCUT2D eigenvalue weighted by Gasteiger charge is 2.24. The van der Waals surface area contributed by atoms with Gasteiger partial charge in [-0.05, 0) is 31.2 Å². The number of rotatable bonds is 5. The third kappa shape index (κ3) is 3.51. The van der Waals surface area contributed by atoms with E-state index in [2.05, 4.69) is 10.1 Å². The molecule has 0 amide bonds. The zero-order valence-corrected chi connectivity index (χ0v) is 10.4. The van der Waals surface area contributed by atoms with Crippen LogP contribution in [0.4, 0.5) is 0 Å². The van der Waals surface area contributed by atoms with E-state index in [1.807, 2.05) is 0 Å². The zero-order valence-electron chi connectivity index (χ0n) is 10.4. The lowest BCUT2D eigenvalue weighted by Gasteiger charge is -2.30. The molecule has 1 fully saturated rings. The Morgan fingerprint density at radius 1 is 1.35 bits per heavy atom. The molecule has 1 saturated carbocycles. The molecule has 17 heavy (non-hydrogen) atoms. The van der Waals surface area contributed by atoms with Crippen LogP contribution < -0.4 is 5.73 Å². The predicted octanol–water partition coefficient (Wildman–Crippen LogP) is 1.66. The zero-order chi connectivity index (χ0) is 12.1. The highest BCUT2D eigenvalue weighted by Crippen LogP contribution is 2.29. The molecule has 2 unspecified atom stereocenters. The fourth-order valence-corrected chi connectivity index (χ4v) is 2.52. The van der Waals surface area contributed by atoms with Gasteiger partial charge < -0.3 is 15.0 Å². The van der Waals surface area contributed by atoms with Crippen molar-refractivity contribution >= 4 is 0 Å². The maximum absolute atomic E-state index is 5.78. The minimum atomic E-state index is 0.436. The summed E-state index contributed by atoms with van der Waals surface area (Å²) in [5, 5.41) is 3.80. The Hall–Kier alpha value is -0.940. The number of nitrogens with two attached hydrogens (primary N) is 1. The molecule has 2 N–H and O–H groups in total. The predicted molar refractivity (Wildman–Crippen MR) is 63.2 cm³/mol. The van der Waals surface area contributed by atoms with E-state index in [1.54, 1.807) is 6.92 Å². The van der Waals surface area contributed by atoms with Crippen LogP contribution in [0, 0.1) is 18.8 Å². The van der Waals surface area contributed by atoms with Crippen molar-refractivity contribution in [3.8, 4) is 0 Å². The van der Waals surface area contributed by atoms with Gasteiger partial charge in [0.1, 0.15) is 6.61 Å². The molecule has 0 aromatic carbocycles. The Morgan fingerprint density at radius 2 is 2.12 bits per heavy atom. The number of nitrogens with zero attached hydrogens (tertiary/aromatic N) is 2. The summed E-state index contributed by atoms with van der Waals surface area (Å²) in [5.74, 6) is 2.43. The van der Waals surface area contributed by atoms with Crippen molar-refractivity contribution < 1.29 is 9.26 Å². The third-order valence-electron chi connectivity index (χ3n) is 3.50. The van der Waals surface area contributed by atoms with Crippen molar-refractivity contribution in [3.05, 3.63) is 11.7 Å². The smallest absolute Gasteiger partial charge is 0.223 e. The summed E-state index contributed by atoms with van der Waals surface area (Å²) in [5.41, 5.74) is 5.78. The van der Waals surface area contributed by atoms with Crippen LogP contribution in [0.5, 0.6) is 0 Å². The first kappa shape index (κ1) is 12.5. The Kier molecular flexibility index (Phi) is 4.50.